The molecule has 0 heterocycles. The molecule has 0 rings (SSSR count). The van der Waals surface area contributed by atoms with Gasteiger partial charge in [-0.1, -0.05) is 27.7 Å². The van der Waals surface area contributed by atoms with E-state index in [1.165, 1.54) is 7.11 Å². The van der Waals surface area contributed by atoms with Gasteiger partial charge >= 0.3 is 6.09 Å². The van der Waals surface area contributed by atoms with Gasteiger partial charge in [0.1, 0.15) is 6.04 Å². The predicted molar refractivity (Wildman–Crippen MR) is 77.3 cm³/mol. The molecule has 118 valence electrons. The number of rotatable bonds is 8. The highest BCUT2D eigenvalue weighted by Crippen LogP contribution is 2.07. The van der Waals surface area contributed by atoms with Crippen LogP contribution in [-0.4, -0.2) is 42.9 Å². The Morgan fingerprint density at radius 2 is 1.80 bits per heavy atom. The number of hydrogen-bond donors (Lipinski definition) is 3. The monoisotopic (exact) mass is 288 g/mol. The van der Waals surface area contributed by atoms with Crippen molar-refractivity contribution in [2.24, 2.45) is 11.8 Å². The van der Waals surface area contributed by atoms with Gasteiger partial charge in [0.2, 0.25) is 5.91 Å². The lowest BCUT2D eigenvalue weighted by Gasteiger charge is -2.20. The van der Waals surface area contributed by atoms with Crippen molar-refractivity contribution < 1.29 is 19.4 Å². The minimum atomic E-state index is -0.618. The molecule has 0 radical (unpaired) electrons. The summed E-state index contributed by atoms with van der Waals surface area (Å²) < 4.78 is 4.52. The minimum absolute atomic E-state index is 0.159. The van der Waals surface area contributed by atoms with Gasteiger partial charge in [0, 0.05) is 6.54 Å². The summed E-state index contributed by atoms with van der Waals surface area (Å²) in [6.45, 7) is 8.18. The zero-order chi connectivity index (χ0) is 15.7. The summed E-state index contributed by atoms with van der Waals surface area (Å²) in [4.78, 5) is 23.2. The molecule has 6 nitrogen and oxygen atoms in total. The summed E-state index contributed by atoms with van der Waals surface area (Å²) in [5.41, 5.74) is 0. The fraction of sp³-hybridized carbons (Fsp3) is 0.857. The molecule has 2 amide bonds. The first-order valence-electron chi connectivity index (χ1n) is 7.08. The molecule has 6 heteroatoms. The van der Waals surface area contributed by atoms with Crippen molar-refractivity contribution in [3.8, 4) is 0 Å². The van der Waals surface area contributed by atoms with E-state index in [1.807, 2.05) is 27.7 Å². The molecule has 2 atom stereocenters. The van der Waals surface area contributed by atoms with Crippen LogP contribution in [0.5, 0.6) is 0 Å². The Hall–Kier alpha value is -1.30. The first-order chi connectivity index (χ1) is 9.27. The largest absolute Gasteiger partial charge is 0.453 e. The number of carbonyl (C=O) groups excluding carboxylic acids is 2. The Morgan fingerprint density at radius 3 is 2.25 bits per heavy atom. The van der Waals surface area contributed by atoms with E-state index in [0.29, 0.717) is 19.4 Å². The molecule has 0 aromatic carbocycles. The number of nitrogens with one attached hydrogen (secondary N) is 2. The molecule has 0 saturated heterocycles. The van der Waals surface area contributed by atoms with Crippen LogP contribution in [0.25, 0.3) is 0 Å². The van der Waals surface area contributed by atoms with Crippen molar-refractivity contribution in [2.45, 2.75) is 52.7 Å². The van der Waals surface area contributed by atoms with Crippen LogP contribution in [-0.2, 0) is 9.53 Å². The van der Waals surface area contributed by atoms with Crippen molar-refractivity contribution in [1.29, 1.82) is 0 Å². The van der Waals surface area contributed by atoms with Gasteiger partial charge in [0.05, 0.1) is 13.2 Å². The highest BCUT2D eigenvalue weighted by Gasteiger charge is 2.22. The lowest BCUT2D eigenvalue weighted by atomic mass is 10.0. The normalized spacial score (nSPS) is 14.0. The maximum Gasteiger partial charge on any atom is 0.407 e. The fourth-order valence-electron chi connectivity index (χ4n) is 1.70. The van der Waals surface area contributed by atoms with Gasteiger partial charge in [-0.25, -0.2) is 4.79 Å². The maximum atomic E-state index is 12.0. The summed E-state index contributed by atoms with van der Waals surface area (Å²) in [5.74, 6) is 0.177. The van der Waals surface area contributed by atoms with Gasteiger partial charge < -0.3 is 20.5 Å². The number of methoxy groups -OCH3 is 1. The molecule has 0 aliphatic heterocycles. The van der Waals surface area contributed by atoms with Crippen LogP contribution in [0.4, 0.5) is 4.79 Å². The summed E-state index contributed by atoms with van der Waals surface area (Å²) in [5, 5.41) is 14.9. The number of hydrogen-bond acceptors (Lipinski definition) is 4. The van der Waals surface area contributed by atoms with Crippen LogP contribution in [0.3, 0.4) is 0 Å². The average Bonchev–Trinajstić information content (AvgIpc) is 2.36. The van der Waals surface area contributed by atoms with Crippen LogP contribution in [0.1, 0.15) is 40.5 Å². The molecule has 0 aliphatic rings. The molecule has 0 aliphatic carbocycles. The first-order valence-corrected chi connectivity index (χ1v) is 7.08. The van der Waals surface area contributed by atoms with Gasteiger partial charge in [-0.15, -0.1) is 0 Å². The molecule has 0 fully saturated rings. The molecule has 0 spiro atoms. The molecule has 0 aromatic rings. The van der Waals surface area contributed by atoms with E-state index in [1.54, 1.807) is 0 Å². The number of ether oxygens (including phenoxy) is 1. The Kier molecular flexibility index (Phi) is 8.96. The quantitative estimate of drug-likeness (QED) is 0.628. The minimum Gasteiger partial charge on any atom is -0.453 e. The van der Waals surface area contributed by atoms with E-state index in [9.17, 15) is 14.7 Å². The number of alkyl carbamates (subject to hydrolysis) is 1. The topological polar surface area (TPSA) is 87.7 Å². The molecule has 20 heavy (non-hydrogen) atoms. The molecular formula is C14H28N2O4. The van der Waals surface area contributed by atoms with Crippen LogP contribution >= 0.6 is 0 Å². The first kappa shape index (κ1) is 18.7. The second-order valence-corrected chi connectivity index (χ2v) is 5.71. The molecule has 3 N–H and O–H groups in total. The standard InChI is InChI=1S/C14H28N2O4/c1-9(2)8-11(16-14(19)20-5)13(18)15-7-6-12(17)10(3)4/h9-12,17H,6-8H2,1-5H3,(H,15,18)(H,16,19)/t11-,12-/m1/s1. The molecule has 0 saturated carbocycles. The Labute approximate surface area is 121 Å². The number of aliphatic hydroxyl groups excluding tert-OH is 1. The van der Waals surface area contributed by atoms with E-state index in [2.05, 4.69) is 15.4 Å². The molecular weight excluding hydrogens is 260 g/mol. The van der Waals surface area contributed by atoms with E-state index in [0.717, 1.165) is 0 Å². The van der Waals surface area contributed by atoms with Gasteiger partial charge in [-0.2, -0.15) is 0 Å². The van der Waals surface area contributed by atoms with E-state index in [-0.39, 0.29) is 17.7 Å². The van der Waals surface area contributed by atoms with Gasteiger partial charge in [0.15, 0.2) is 0 Å². The van der Waals surface area contributed by atoms with Gasteiger partial charge in [-0.05, 0) is 24.7 Å². The zero-order valence-electron chi connectivity index (χ0n) is 13.1. The Balaban J connectivity index is 4.29. The third-order valence-corrected chi connectivity index (χ3v) is 3.01. The van der Waals surface area contributed by atoms with Crippen LogP contribution in [0.2, 0.25) is 0 Å². The smallest absolute Gasteiger partial charge is 0.407 e. The SMILES string of the molecule is COC(=O)N[C@H](CC(C)C)C(=O)NCC[C@@H](O)C(C)C. The van der Waals surface area contributed by atoms with Crippen molar-refractivity contribution >= 4 is 12.0 Å². The second-order valence-electron chi connectivity index (χ2n) is 5.71. The third kappa shape index (κ3) is 7.99. The lowest BCUT2D eigenvalue weighted by Crippen LogP contribution is -2.47. The van der Waals surface area contributed by atoms with E-state index in [4.69, 9.17) is 0 Å². The molecule has 0 aromatic heterocycles. The van der Waals surface area contributed by atoms with E-state index >= 15 is 0 Å². The van der Waals surface area contributed by atoms with Crippen LogP contribution < -0.4 is 10.6 Å². The highest BCUT2D eigenvalue weighted by molar-refractivity contribution is 5.85. The Morgan fingerprint density at radius 1 is 1.20 bits per heavy atom. The fourth-order valence-corrected chi connectivity index (χ4v) is 1.70. The summed E-state index contributed by atoms with van der Waals surface area (Å²) >= 11 is 0. The van der Waals surface area contributed by atoms with Crippen molar-refractivity contribution in [3.05, 3.63) is 0 Å². The average molecular weight is 288 g/mol. The second kappa shape index (κ2) is 9.58. The maximum absolute atomic E-state index is 12.0. The van der Waals surface area contributed by atoms with Gasteiger partial charge in [0.25, 0.3) is 0 Å². The lowest BCUT2D eigenvalue weighted by molar-refractivity contribution is -0.123. The van der Waals surface area contributed by atoms with Crippen molar-refractivity contribution in [2.75, 3.05) is 13.7 Å². The van der Waals surface area contributed by atoms with Crippen LogP contribution in [0, 0.1) is 11.8 Å². The summed E-state index contributed by atoms with van der Waals surface area (Å²) in [6.07, 6.45) is -0.0237. The Bertz CT molecular complexity index is 306. The van der Waals surface area contributed by atoms with Gasteiger partial charge in [-0.3, -0.25) is 4.79 Å². The molecule has 0 bridgehead atoms. The third-order valence-electron chi connectivity index (χ3n) is 3.01. The van der Waals surface area contributed by atoms with Crippen molar-refractivity contribution in [1.82, 2.24) is 10.6 Å². The predicted octanol–water partition coefficient (Wildman–Crippen LogP) is 1.28. The zero-order valence-corrected chi connectivity index (χ0v) is 13.1. The summed E-state index contributed by atoms with van der Waals surface area (Å²) in [6, 6.07) is -0.612. The summed E-state index contributed by atoms with van der Waals surface area (Å²) in [7, 11) is 1.26. The number of amides is 2. The van der Waals surface area contributed by atoms with E-state index < -0.39 is 18.2 Å². The highest BCUT2D eigenvalue weighted by atomic mass is 16.5. The van der Waals surface area contributed by atoms with Crippen molar-refractivity contribution in [3.63, 3.8) is 0 Å². The van der Waals surface area contributed by atoms with Crippen LogP contribution in [0.15, 0.2) is 0 Å². The number of aliphatic hydroxyl groups is 1. The number of carbonyl (C=O) groups is 2. The molecule has 0 unspecified atom stereocenters.